The Morgan fingerprint density at radius 3 is 2.76 bits per heavy atom. The molecule has 0 spiro atoms. The predicted octanol–water partition coefficient (Wildman–Crippen LogP) is 3.03. The van der Waals surface area contributed by atoms with Gasteiger partial charge in [-0.3, -0.25) is 4.90 Å². The first-order valence-electron chi connectivity index (χ1n) is 7.23. The molecule has 0 unspecified atom stereocenters. The van der Waals surface area contributed by atoms with Crippen LogP contribution >= 0.6 is 31.9 Å². The molecule has 21 heavy (non-hydrogen) atoms. The molecule has 118 valence electrons. The number of nitrogens with zero attached hydrogens (tertiary/aromatic N) is 1. The van der Waals surface area contributed by atoms with Crippen LogP contribution < -0.4 is 10.1 Å². The Bertz CT molecular complexity index is 452. The normalized spacial score (nSPS) is 16.1. The summed E-state index contributed by atoms with van der Waals surface area (Å²) >= 11 is 7.05. The molecule has 0 saturated carbocycles. The maximum absolute atomic E-state index is 5.45. The Hall–Kier alpha value is -0.140. The molecule has 2 rings (SSSR count). The zero-order chi connectivity index (χ0) is 15.1. The topological polar surface area (TPSA) is 33.7 Å². The largest absolute Gasteiger partial charge is 0.495 e. The van der Waals surface area contributed by atoms with Gasteiger partial charge in [-0.25, -0.2) is 0 Å². The first-order valence-corrected chi connectivity index (χ1v) is 8.82. The molecule has 4 nitrogen and oxygen atoms in total. The molecule has 0 atom stereocenters. The molecule has 1 saturated heterocycles. The molecule has 0 amide bonds. The molecule has 1 aliphatic rings. The Morgan fingerprint density at radius 1 is 1.29 bits per heavy atom. The first kappa shape index (κ1) is 17.2. The third-order valence-corrected chi connectivity index (χ3v) is 4.58. The SMILES string of the molecule is COc1c(Br)cc(Br)cc1CNCCCN1CCOCC1. The number of benzene rings is 1. The average molecular weight is 422 g/mol. The maximum Gasteiger partial charge on any atom is 0.137 e. The van der Waals surface area contributed by atoms with Gasteiger partial charge in [-0.1, -0.05) is 15.9 Å². The second-order valence-corrected chi connectivity index (χ2v) is 6.83. The van der Waals surface area contributed by atoms with Gasteiger partial charge in [-0.05, 0) is 47.6 Å². The fourth-order valence-corrected chi connectivity index (χ4v) is 3.92. The van der Waals surface area contributed by atoms with Crippen molar-refractivity contribution >= 4 is 31.9 Å². The Balaban J connectivity index is 1.73. The van der Waals surface area contributed by atoms with E-state index >= 15 is 0 Å². The van der Waals surface area contributed by atoms with Gasteiger partial charge >= 0.3 is 0 Å². The monoisotopic (exact) mass is 420 g/mol. The molecule has 0 aromatic heterocycles. The zero-order valence-electron chi connectivity index (χ0n) is 12.3. The fourth-order valence-electron chi connectivity index (χ4n) is 2.45. The van der Waals surface area contributed by atoms with Crippen molar-refractivity contribution in [3.8, 4) is 5.75 Å². The van der Waals surface area contributed by atoms with E-state index in [2.05, 4.69) is 48.1 Å². The van der Waals surface area contributed by atoms with E-state index in [1.165, 1.54) is 0 Å². The summed E-state index contributed by atoms with van der Waals surface area (Å²) in [6, 6.07) is 4.10. The Labute approximate surface area is 143 Å². The van der Waals surface area contributed by atoms with Gasteiger partial charge in [0.05, 0.1) is 24.8 Å². The number of halogens is 2. The highest BCUT2D eigenvalue weighted by molar-refractivity contribution is 9.11. The summed E-state index contributed by atoms with van der Waals surface area (Å²) in [6.45, 7) is 6.82. The maximum atomic E-state index is 5.45. The van der Waals surface area contributed by atoms with Gasteiger partial charge in [0.2, 0.25) is 0 Å². The molecule has 1 fully saturated rings. The Kier molecular flexibility index (Phi) is 7.46. The van der Waals surface area contributed by atoms with Crippen LogP contribution in [-0.4, -0.2) is 51.4 Å². The highest BCUT2D eigenvalue weighted by Gasteiger charge is 2.10. The lowest BCUT2D eigenvalue weighted by Gasteiger charge is -2.26. The van der Waals surface area contributed by atoms with E-state index in [1.807, 2.05) is 6.07 Å². The van der Waals surface area contributed by atoms with Crippen molar-refractivity contribution in [2.45, 2.75) is 13.0 Å². The van der Waals surface area contributed by atoms with Crippen LogP contribution in [0.15, 0.2) is 21.1 Å². The third-order valence-electron chi connectivity index (χ3n) is 3.54. The smallest absolute Gasteiger partial charge is 0.137 e. The van der Waals surface area contributed by atoms with Gasteiger partial charge in [0.15, 0.2) is 0 Å². The number of hydrogen-bond acceptors (Lipinski definition) is 4. The fraction of sp³-hybridized carbons (Fsp3) is 0.600. The minimum Gasteiger partial charge on any atom is -0.495 e. The zero-order valence-corrected chi connectivity index (χ0v) is 15.5. The van der Waals surface area contributed by atoms with Gasteiger partial charge < -0.3 is 14.8 Å². The second-order valence-electron chi connectivity index (χ2n) is 5.06. The highest BCUT2D eigenvalue weighted by Crippen LogP contribution is 2.32. The second kappa shape index (κ2) is 9.10. The summed E-state index contributed by atoms with van der Waals surface area (Å²) in [7, 11) is 1.70. The summed E-state index contributed by atoms with van der Waals surface area (Å²) in [5.41, 5.74) is 1.16. The molecule has 0 radical (unpaired) electrons. The molecule has 6 heteroatoms. The highest BCUT2D eigenvalue weighted by atomic mass is 79.9. The number of ether oxygens (including phenoxy) is 2. The van der Waals surface area contributed by atoms with Crippen LogP contribution in [0.4, 0.5) is 0 Å². The third kappa shape index (κ3) is 5.53. The number of rotatable bonds is 7. The van der Waals surface area contributed by atoms with E-state index in [1.54, 1.807) is 7.11 Å². The first-order chi connectivity index (χ1) is 10.2. The predicted molar refractivity (Wildman–Crippen MR) is 92.0 cm³/mol. The standard InChI is InChI=1S/C15H22Br2N2O2/c1-20-15-12(9-13(16)10-14(15)17)11-18-3-2-4-19-5-7-21-8-6-19/h9-10,18H,2-8,11H2,1H3. The van der Waals surface area contributed by atoms with Crippen LogP contribution in [0.25, 0.3) is 0 Å². The molecule has 0 aliphatic carbocycles. The summed E-state index contributed by atoms with van der Waals surface area (Å²) in [5.74, 6) is 0.902. The van der Waals surface area contributed by atoms with Gasteiger partial charge in [-0.2, -0.15) is 0 Å². The lowest BCUT2D eigenvalue weighted by molar-refractivity contribution is 0.0374. The molecule has 1 aromatic carbocycles. The molecule has 1 aromatic rings. The van der Waals surface area contributed by atoms with E-state index in [4.69, 9.17) is 9.47 Å². The van der Waals surface area contributed by atoms with Crippen LogP contribution in [0.5, 0.6) is 5.75 Å². The summed E-state index contributed by atoms with van der Waals surface area (Å²) in [5, 5.41) is 3.49. The van der Waals surface area contributed by atoms with Crippen LogP contribution in [-0.2, 0) is 11.3 Å². The van der Waals surface area contributed by atoms with E-state index in [9.17, 15) is 0 Å². The number of nitrogens with one attached hydrogen (secondary N) is 1. The van der Waals surface area contributed by atoms with Crippen molar-refractivity contribution in [2.24, 2.45) is 0 Å². The van der Waals surface area contributed by atoms with Gasteiger partial charge in [-0.15, -0.1) is 0 Å². The lowest BCUT2D eigenvalue weighted by Crippen LogP contribution is -2.37. The quantitative estimate of drug-likeness (QED) is 0.686. The van der Waals surface area contributed by atoms with Crippen molar-refractivity contribution in [2.75, 3.05) is 46.5 Å². The van der Waals surface area contributed by atoms with Crippen LogP contribution in [0, 0.1) is 0 Å². The molecular weight excluding hydrogens is 400 g/mol. The average Bonchev–Trinajstić information content (AvgIpc) is 2.47. The van der Waals surface area contributed by atoms with Gasteiger partial charge in [0.1, 0.15) is 5.75 Å². The van der Waals surface area contributed by atoms with E-state index < -0.39 is 0 Å². The number of hydrogen-bond donors (Lipinski definition) is 1. The van der Waals surface area contributed by atoms with Crippen molar-refractivity contribution in [1.82, 2.24) is 10.2 Å². The van der Waals surface area contributed by atoms with Crippen molar-refractivity contribution in [1.29, 1.82) is 0 Å². The molecule has 1 N–H and O–H groups in total. The van der Waals surface area contributed by atoms with Crippen LogP contribution in [0.2, 0.25) is 0 Å². The lowest BCUT2D eigenvalue weighted by atomic mass is 10.2. The molecular formula is C15H22Br2N2O2. The summed E-state index contributed by atoms with van der Waals surface area (Å²) in [6.07, 6.45) is 1.15. The van der Waals surface area contributed by atoms with Crippen molar-refractivity contribution in [3.63, 3.8) is 0 Å². The van der Waals surface area contributed by atoms with E-state index in [0.29, 0.717) is 0 Å². The van der Waals surface area contributed by atoms with Gasteiger partial charge in [0, 0.05) is 29.7 Å². The molecule has 1 heterocycles. The van der Waals surface area contributed by atoms with E-state index in [-0.39, 0.29) is 0 Å². The minimum absolute atomic E-state index is 0.810. The van der Waals surface area contributed by atoms with Gasteiger partial charge in [0.25, 0.3) is 0 Å². The number of methoxy groups -OCH3 is 1. The van der Waals surface area contributed by atoms with Crippen LogP contribution in [0.3, 0.4) is 0 Å². The van der Waals surface area contributed by atoms with Crippen molar-refractivity contribution < 1.29 is 9.47 Å². The summed E-state index contributed by atoms with van der Waals surface area (Å²) in [4.78, 5) is 2.46. The Morgan fingerprint density at radius 2 is 2.05 bits per heavy atom. The summed E-state index contributed by atoms with van der Waals surface area (Å²) < 4.78 is 12.8. The van der Waals surface area contributed by atoms with E-state index in [0.717, 1.165) is 72.6 Å². The van der Waals surface area contributed by atoms with Crippen molar-refractivity contribution in [3.05, 3.63) is 26.6 Å². The minimum atomic E-state index is 0.810. The number of morpholine rings is 1. The molecule has 0 bridgehead atoms. The van der Waals surface area contributed by atoms with Crippen LogP contribution in [0.1, 0.15) is 12.0 Å². The molecule has 1 aliphatic heterocycles.